The molecule has 2 heteroatoms. The molecule has 0 spiro atoms. The Morgan fingerprint density at radius 3 is 1.32 bits per heavy atom. The second kappa shape index (κ2) is 20.3. The van der Waals surface area contributed by atoms with Crippen LogP contribution in [0.1, 0.15) is 173 Å². The van der Waals surface area contributed by atoms with Gasteiger partial charge in [0.15, 0.2) is 0 Å². The lowest BCUT2D eigenvalue weighted by Crippen LogP contribution is -2.13. The predicted octanol–water partition coefficient (Wildman–Crippen LogP) is 11.7. The van der Waals surface area contributed by atoms with E-state index in [1.54, 1.807) is 0 Å². The van der Waals surface area contributed by atoms with Crippen LogP contribution in [0.5, 0.6) is 0 Å². The van der Waals surface area contributed by atoms with Gasteiger partial charge in [-0.2, -0.15) is 0 Å². The first-order valence-electron chi connectivity index (χ1n) is 14.9. The topological polar surface area (TPSA) is 12.0 Å². The molecule has 196 valence electrons. The van der Waals surface area contributed by atoms with Crippen LogP contribution in [0, 0.1) is 0 Å². The molecule has 1 N–H and O–H groups in total. The van der Waals surface area contributed by atoms with Crippen LogP contribution >= 0.6 is 12.2 Å². The lowest BCUT2D eigenvalue weighted by atomic mass is 9.92. The summed E-state index contributed by atoms with van der Waals surface area (Å²) in [4.78, 5) is 1.01. The molecule has 0 amide bonds. The van der Waals surface area contributed by atoms with Gasteiger partial charge in [-0.1, -0.05) is 168 Å². The quantitative estimate of drug-likeness (QED) is 0.137. The summed E-state index contributed by atoms with van der Waals surface area (Å²) in [5, 5.41) is 3.63. The highest BCUT2D eigenvalue weighted by atomic mass is 32.1. The van der Waals surface area contributed by atoms with Crippen LogP contribution in [0.15, 0.2) is 18.2 Å². The minimum Gasteiger partial charge on any atom is -0.350 e. The monoisotopic (exact) mass is 487 g/mol. The zero-order valence-corrected chi connectivity index (χ0v) is 24.3. The maximum atomic E-state index is 5.73. The van der Waals surface area contributed by atoms with Crippen molar-refractivity contribution < 1.29 is 0 Å². The van der Waals surface area contributed by atoms with E-state index in [0.29, 0.717) is 11.8 Å². The van der Waals surface area contributed by atoms with E-state index in [1.165, 1.54) is 126 Å². The second-order valence-electron chi connectivity index (χ2n) is 11.1. The summed E-state index contributed by atoms with van der Waals surface area (Å²) in [5.41, 5.74) is 4.04. The molecule has 0 aliphatic carbocycles. The molecular weight excluding hydrogens is 430 g/mol. The minimum absolute atomic E-state index is 0.504. The second-order valence-corrected chi connectivity index (χ2v) is 11.6. The van der Waals surface area contributed by atoms with Gasteiger partial charge in [-0.25, -0.2) is 0 Å². The average molecular weight is 488 g/mol. The third-order valence-electron chi connectivity index (χ3n) is 7.14. The van der Waals surface area contributed by atoms with Gasteiger partial charge in [-0.05, 0) is 35.8 Å². The van der Waals surface area contributed by atoms with Crippen molar-refractivity contribution in [2.24, 2.45) is 0 Å². The summed E-state index contributed by atoms with van der Waals surface area (Å²) in [5.74, 6) is 1.01. The first-order chi connectivity index (χ1) is 16.5. The van der Waals surface area contributed by atoms with Crippen molar-refractivity contribution >= 4 is 22.9 Å². The first kappa shape index (κ1) is 31.1. The fourth-order valence-corrected chi connectivity index (χ4v) is 5.15. The van der Waals surface area contributed by atoms with E-state index in [0.717, 1.165) is 11.4 Å². The number of unbranched alkanes of at least 4 members (excludes halogenated alkanes) is 16. The van der Waals surface area contributed by atoms with Crippen molar-refractivity contribution in [2.45, 2.75) is 162 Å². The van der Waals surface area contributed by atoms with Gasteiger partial charge in [-0.3, -0.25) is 0 Å². The molecule has 0 aliphatic rings. The summed E-state index contributed by atoms with van der Waals surface area (Å²) >= 11 is 5.73. The molecule has 0 radical (unpaired) electrons. The Hall–Kier alpha value is -0.890. The number of hydrogen-bond acceptors (Lipinski definition) is 1. The molecule has 1 aromatic carbocycles. The van der Waals surface area contributed by atoms with Crippen LogP contribution in [-0.2, 0) is 0 Å². The Bertz CT molecular complexity index is 608. The van der Waals surface area contributed by atoms with Crippen LogP contribution in [0.3, 0.4) is 0 Å². The molecule has 0 aromatic heterocycles. The number of thiocarbonyl (C=S) groups is 1. The Labute approximate surface area is 219 Å². The lowest BCUT2D eigenvalue weighted by Gasteiger charge is -2.21. The van der Waals surface area contributed by atoms with E-state index in [-0.39, 0.29) is 0 Å². The fourth-order valence-electron chi connectivity index (χ4n) is 4.91. The molecule has 0 aliphatic heterocycles. The van der Waals surface area contributed by atoms with E-state index in [4.69, 9.17) is 12.2 Å². The summed E-state index contributed by atoms with van der Waals surface area (Å²) in [6.07, 6.45) is 25.0. The number of anilines is 1. The normalized spacial score (nSPS) is 11.5. The zero-order valence-electron chi connectivity index (χ0n) is 23.5. The van der Waals surface area contributed by atoms with E-state index >= 15 is 0 Å². The summed E-state index contributed by atoms with van der Waals surface area (Å²) in [6.45, 7) is 11.4. The van der Waals surface area contributed by atoms with Gasteiger partial charge in [0, 0.05) is 5.69 Å². The van der Waals surface area contributed by atoms with Crippen LogP contribution in [0.4, 0.5) is 5.69 Å². The summed E-state index contributed by atoms with van der Waals surface area (Å²) in [7, 11) is 0. The van der Waals surface area contributed by atoms with E-state index < -0.39 is 0 Å². The minimum atomic E-state index is 0.504. The molecule has 0 saturated carbocycles. The standard InChI is InChI=1S/C32H57NS/c1-6-7-8-9-10-11-12-13-14-15-16-17-18-19-20-21-22-26-31(34)33-32-29(27(2)3)24-23-25-30(32)28(4)5/h23-25,27-28H,6-22,26H2,1-5H3,(H,33,34). The van der Waals surface area contributed by atoms with Crippen LogP contribution in [0.25, 0.3) is 0 Å². The third kappa shape index (κ3) is 14.5. The molecule has 0 unspecified atom stereocenters. The Kier molecular flexibility index (Phi) is 18.6. The highest BCUT2D eigenvalue weighted by Gasteiger charge is 2.14. The average Bonchev–Trinajstić information content (AvgIpc) is 2.80. The van der Waals surface area contributed by atoms with Gasteiger partial charge in [0.25, 0.3) is 0 Å². The predicted molar refractivity (Wildman–Crippen MR) is 160 cm³/mol. The number of hydrogen-bond donors (Lipinski definition) is 1. The van der Waals surface area contributed by atoms with E-state index in [2.05, 4.69) is 58.1 Å². The van der Waals surface area contributed by atoms with Crippen molar-refractivity contribution in [3.63, 3.8) is 0 Å². The van der Waals surface area contributed by atoms with Gasteiger partial charge in [0.1, 0.15) is 0 Å². The smallest absolute Gasteiger partial charge is 0.0797 e. The molecule has 0 bridgehead atoms. The molecule has 0 fully saturated rings. The summed E-state index contributed by atoms with van der Waals surface area (Å²) in [6, 6.07) is 6.68. The van der Waals surface area contributed by atoms with Gasteiger partial charge >= 0.3 is 0 Å². The van der Waals surface area contributed by atoms with E-state index in [1.807, 2.05) is 0 Å². The molecule has 1 aromatic rings. The van der Waals surface area contributed by atoms with Crippen molar-refractivity contribution in [3.8, 4) is 0 Å². The van der Waals surface area contributed by atoms with E-state index in [9.17, 15) is 0 Å². The van der Waals surface area contributed by atoms with Crippen molar-refractivity contribution in [3.05, 3.63) is 29.3 Å². The fraction of sp³-hybridized carbons (Fsp3) is 0.781. The van der Waals surface area contributed by atoms with Gasteiger partial charge in [0.05, 0.1) is 4.99 Å². The summed E-state index contributed by atoms with van der Waals surface area (Å²) < 4.78 is 0. The van der Waals surface area contributed by atoms with Crippen LogP contribution in [-0.4, -0.2) is 4.99 Å². The third-order valence-corrected chi connectivity index (χ3v) is 7.45. The number of benzene rings is 1. The Morgan fingerprint density at radius 2 is 0.971 bits per heavy atom. The lowest BCUT2D eigenvalue weighted by molar-refractivity contribution is 0.528. The van der Waals surface area contributed by atoms with Gasteiger partial charge < -0.3 is 5.32 Å². The number of nitrogens with one attached hydrogen (secondary N) is 1. The highest BCUT2D eigenvalue weighted by molar-refractivity contribution is 7.80. The molecular formula is C32H57NS. The molecule has 1 nitrogen and oxygen atoms in total. The molecule has 34 heavy (non-hydrogen) atoms. The van der Waals surface area contributed by atoms with Crippen molar-refractivity contribution in [1.29, 1.82) is 0 Å². The maximum Gasteiger partial charge on any atom is 0.0797 e. The largest absolute Gasteiger partial charge is 0.350 e. The number of rotatable bonds is 21. The Morgan fingerprint density at radius 1 is 0.618 bits per heavy atom. The van der Waals surface area contributed by atoms with Crippen LogP contribution in [0.2, 0.25) is 0 Å². The molecule has 0 saturated heterocycles. The first-order valence-corrected chi connectivity index (χ1v) is 15.3. The SMILES string of the molecule is CCCCCCCCCCCCCCCCCCCC(=S)Nc1c(C(C)C)cccc1C(C)C. The molecule has 0 heterocycles. The molecule has 1 rings (SSSR count). The molecule has 0 atom stereocenters. The van der Waals surface area contributed by atoms with Gasteiger partial charge in [0.2, 0.25) is 0 Å². The number of para-hydroxylation sites is 1. The highest BCUT2D eigenvalue weighted by Crippen LogP contribution is 2.32. The zero-order chi connectivity index (χ0) is 25.0. The Balaban J connectivity index is 2.03. The van der Waals surface area contributed by atoms with Crippen LogP contribution < -0.4 is 5.32 Å². The van der Waals surface area contributed by atoms with Gasteiger partial charge in [-0.15, -0.1) is 0 Å². The van der Waals surface area contributed by atoms with Crippen molar-refractivity contribution in [1.82, 2.24) is 0 Å². The van der Waals surface area contributed by atoms with Crippen molar-refractivity contribution in [2.75, 3.05) is 5.32 Å². The maximum absolute atomic E-state index is 5.73.